The van der Waals surface area contributed by atoms with Crippen molar-refractivity contribution in [3.63, 3.8) is 0 Å². The molecule has 1 aliphatic rings. The van der Waals surface area contributed by atoms with Crippen LogP contribution >= 0.6 is 0 Å². The van der Waals surface area contributed by atoms with Crippen LogP contribution in [0.15, 0.2) is 24.3 Å². The van der Waals surface area contributed by atoms with Gasteiger partial charge in [0.15, 0.2) is 0 Å². The third-order valence-corrected chi connectivity index (χ3v) is 3.07. The zero-order valence-electron chi connectivity index (χ0n) is 10.4. The molecule has 3 nitrogen and oxygen atoms in total. The molecule has 17 heavy (non-hydrogen) atoms. The lowest BCUT2D eigenvalue weighted by Gasteiger charge is -2.11. The Kier molecular flexibility index (Phi) is 4.54. The van der Waals surface area contributed by atoms with Crippen molar-refractivity contribution in [3.05, 3.63) is 35.4 Å². The van der Waals surface area contributed by atoms with Crippen molar-refractivity contribution in [2.24, 2.45) is 0 Å². The van der Waals surface area contributed by atoms with Crippen LogP contribution in [-0.2, 0) is 11.3 Å². The van der Waals surface area contributed by atoms with E-state index in [1.165, 1.54) is 24.0 Å². The van der Waals surface area contributed by atoms with Crippen molar-refractivity contribution in [1.82, 2.24) is 5.32 Å². The van der Waals surface area contributed by atoms with E-state index in [4.69, 9.17) is 4.74 Å². The summed E-state index contributed by atoms with van der Waals surface area (Å²) in [6, 6.07) is 8.73. The van der Waals surface area contributed by atoms with Crippen molar-refractivity contribution in [2.45, 2.75) is 31.4 Å². The summed E-state index contributed by atoms with van der Waals surface area (Å²) in [5.74, 6) is 0.800. The topological polar surface area (TPSA) is 41.5 Å². The number of rotatable bonds is 7. The third kappa shape index (κ3) is 4.11. The van der Waals surface area contributed by atoms with Crippen LogP contribution in [0.5, 0.6) is 0 Å². The van der Waals surface area contributed by atoms with Gasteiger partial charge in [-0.25, -0.2) is 0 Å². The normalized spacial score (nSPS) is 17.1. The van der Waals surface area contributed by atoms with Gasteiger partial charge >= 0.3 is 0 Å². The lowest BCUT2D eigenvalue weighted by Crippen LogP contribution is -2.29. The van der Waals surface area contributed by atoms with Crippen LogP contribution in [0, 0.1) is 0 Å². The van der Waals surface area contributed by atoms with Gasteiger partial charge in [0.25, 0.3) is 0 Å². The Morgan fingerprint density at radius 2 is 2.29 bits per heavy atom. The number of methoxy groups -OCH3 is 1. The predicted molar refractivity (Wildman–Crippen MR) is 68.0 cm³/mol. The number of nitrogens with one attached hydrogen (secondary N) is 1. The SMILES string of the molecule is COCC(O)CNCc1cccc(C2CC2)c1. The molecule has 0 heterocycles. The van der Waals surface area contributed by atoms with E-state index in [9.17, 15) is 5.11 Å². The minimum atomic E-state index is -0.424. The second kappa shape index (κ2) is 6.15. The van der Waals surface area contributed by atoms with Crippen LogP contribution in [0.25, 0.3) is 0 Å². The van der Waals surface area contributed by atoms with E-state index >= 15 is 0 Å². The first-order valence-electron chi connectivity index (χ1n) is 6.26. The van der Waals surface area contributed by atoms with Crippen molar-refractivity contribution >= 4 is 0 Å². The highest BCUT2D eigenvalue weighted by Crippen LogP contribution is 2.40. The van der Waals surface area contributed by atoms with E-state index in [1.807, 2.05) is 0 Å². The van der Waals surface area contributed by atoms with Crippen LogP contribution in [0.3, 0.4) is 0 Å². The Balaban J connectivity index is 1.76. The van der Waals surface area contributed by atoms with E-state index in [-0.39, 0.29) is 0 Å². The lowest BCUT2D eigenvalue weighted by molar-refractivity contribution is 0.0644. The van der Waals surface area contributed by atoms with E-state index in [1.54, 1.807) is 7.11 Å². The maximum atomic E-state index is 9.49. The number of benzene rings is 1. The van der Waals surface area contributed by atoms with Crippen LogP contribution in [0.1, 0.15) is 29.9 Å². The van der Waals surface area contributed by atoms with Gasteiger partial charge in [-0.2, -0.15) is 0 Å². The summed E-state index contributed by atoms with van der Waals surface area (Å²) in [6.07, 6.45) is 2.25. The quantitative estimate of drug-likeness (QED) is 0.755. The lowest BCUT2D eigenvalue weighted by atomic mass is 10.1. The number of hydrogen-bond acceptors (Lipinski definition) is 3. The molecule has 3 heteroatoms. The van der Waals surface area contributed by atoms with Crippen LogP contribution in [0.2, 0.25) is 0 Å². The van der Waals surface area contributed by atoms with Crippen molar-refractivity contribution < 1.29 is 9.84 Å². The van der Waals surface area contributed by atoms with Crippen molar-refractivity contribution in [3.8, 4) is 0 Å². The van der Waals surface area contributed by atoms with Crippen molar-refractivity contribution in [2.75, 3.05) is 20.3 Å². The molecule has 94 valence electrons. The highest BCUT2D eigenvalue weighted by molar-refractivity contribution is 5.29. The van der Waals surface area contributed by atoms with Gasteiger partial charge in [0.05, 0.1) is 12.7 Å². The van der Waals surface area contributed by atoms with E-state index in [2.05, 4.69) is 29.6 Å². The third-order valence-electron chi connectivity index (χ3n) is 3.07. The first-order chi connectivity index (χ1) is 8.29. The summed E-state index contributed by atoms with van der Waals surface area (Å²) >= 11 is 0. The molecule has 0 aliphatic heterocycles. The van der Waals surface area contributed by atoms with Crippen LogP contribution in [-0.4, -0.2) is 31.5 Å². The van der Waals surface area contributed by atoms with Crippen LogP contribution < -0.4 is 5.32 Å². The Morgan fingerprint density at radius 3 is 3.00 bits per heavy atom. The Bertz CT molecular complexity index is 350. The summed E-state index contributed by atoms with van der Waals surface area (Å²) in [4.78, 5) is 0. The number of aliphatic hydroxyl groups is 1. The van der Waals surface area contributed by atoms with E-state index < -0.39 is 6.10 Å². The molecule has 0 spiro atoms. The maximum Gasteiger partial charge on any atom is 0.0897 e. The van der Waals surface area contributed by atoms with Gasteiger partial charge in [-0.05, 0) is 29.9 Å². The molecular formula is C14H21NO2. The Morgan fingerprint density at radius 1 is 1.47 bits per heavy atom. The molecule has 1 saturated carbocycles. The van der Waals surface area contributed by atoms with Gasteiger partial charge in [-0.15, -0.1) is 0 Å². The molecule has 0 amide bonds. The smallest absolute Gasteiger partial charge is 0.0897 e. The van der Waals surface area contributed by atoms with E-state index in [0.717, 1.165) is 12.5 Å². The van der Waals surface area contributed by atoms with Gasteiger partial charge in [-0.1, -0.05) is 24.3 Å². The first kappa shape index (κ1) is 12.6. The largest absolute Gasteiger partial charge is 0.389 e. The van der Waals surface area contributed by atoms with Gasteiger partial charge in [-0.3, -0.25) is 0 Å². The van der Waals surface area contributed by atoms with Gasteiger partial charge in [0.2, 0.25) is 0 Å². The zero-order valence-corrected chi connectivity index (χ0v) is 10.4. The summed E-state index contributed by atoms with van der Waals surface area (Å²) < 4.78 is 4.88. The van der Waals surface area contributed by atoms with Gasteiger partial charge < -0.3 is 15.2 Å². The first-order valence-corrected chi connectivity index (χ1v) is 6.26. The summed E-state index contributed by atoms with van der Waals surface area (Å²) in [7, 11) is 1.60. The molecular weight excluding hydrogens is 214 g/mol. The summed E-state index contributed by atoms with van der Waals surface area (Å²) in [6.45, 7) is 1.76. The highest BCUT2D eigenvalue weighted by atomic mass is 16.5. The predicted octanol–water partition coefficient (Wildman–Crippen LogP) is 1.66. The Labute approximate surface area is 103 Å². The fourth-order valence-electron chi connectivity index (χ4n) is 2.01. The molecule has 0 bridgehead atoms. The Hall–Kier alpha value is -0.900. The molecule has 2 N–H and O–H groups in total. The second-order valence-corrected chi connectivity index (χ2v) is 4.76. The van der Waals surface area contributed by atoms with Gasteiger partial charge in [0.1, 0.15) is 0 Å². The fourth-order valence-corrected chi connectivity index (χ4v) is 2.01. The molecule has 1 atom stereocenters. The fraction of sp³-hybridized carbons (Fsp3) is 0.571. The number of hydrogen-bond donors (Lipinski definition) is 2. The molecule has 0 saturated heterocycles. The number of aliphatic hydroxyl groups excluding tert-OH is 1. The van der Waals surface area contributed by atoms with Gasteiger partial charge in [0, 0.05) is 20.2 Å². The molecule has 0 radical (unpaired) electrons. The summed E-state index contributed by atoms with van der Waals surface area (Å²) in [5.41, 5.74) is 2.75. The molecule has 1 fully saturated rings. The minimum Gasteiger partial charge on any atom is -0.389 e. The maximum absolute atomic E-state index is 9.49. The number of ether oxygens (including phenoxy) is 1. The second-order valence-electron chi connectivity index (χ2n) is 4.76. The molecule has 0 aromatic heterocycles. The monoisotopic (exact) mass is 235 g/mol. The molecule has 1 aliphatic carbocycles. The average Bonchev–Trinajstić information content (AvgIpc) is 3.14. The average molecular weight is 235 g/mol. The summed E-state index contributed by atoms with van der Waals surface area (Å²) in [5, 5.41) is 12.7. The molecule has 1 unspecified atom stereocenters. The minimum absolute atomic E-state index is 0.384. The zero-order chi connectivity index (χ0) is 12.1. The van der Waals surface area contributed by atoms with Crippen LogP contribution in [0.4, 0.5) is 0 Å². The molecule has 1 aromatic rings. The van der Waals surface area contributed by atoms with E-state index in [0.29, 0.717) is 13.2 Å². The molecule has 2 rings (SSSR count). The molecule has 1 aromatic carbocycles. The highest BCUT2D eigenvalue weighted by Gasteiger charge is 2.23. The van der Waals surface area contributed by atoms with Crippen molar-refractivity contribution in [1.29, 1.82) is 0 Å². The standard InChI is InChI=1S/C14H21NO2/c1-17-10-14(16)9-15-8-11-3-2-4-13(7-11)12-5-6-12/h2-4,7,12,14-16H,5-6,8-10H2,1H3.